The third-order valence-corrected chi connectivity index (χ3v) is 3.17. The lowest BCUT2D eigenvalue weighted by Crippen LogP contribution is -2.28. The lowest BCUT2D eigenvalue weighted by Gasteiger charge is -2.40. The van der Waals surface area contributed by atoms with E-state index in [0.29, 0.717) is 0 Å². The Kier molecular flexibility index (Phi) is 3.84. The van der Waals surface area contributed by atoms with Crippen LogP contribution in [0, 0.1) is 11.8 Å². The fourth-order valence-corrected chi connectivity index (χ4v) is 2.48. The molecule has 70 valence electrons. The van der Waals surface area contributed by atoms with Crippen molar-refractivity contribution >= 4 is 0 Å². The highest BCUT2D eigenvalue weighted by atomic mass is 14.4. The van der Waals surface area contributed by atoms with E-state index >= 15 is 0 Å². The molecule has 1 saturated carbocycles. The normalized spacial score (nSPS) is 32.1. The van der Waals surface area contributed by atoms with E-state index in [1.165, 1.54) is 32.1 Å². The molecule has 0 aromatic rings. The van der Waals surface area contributed by atoms with Crippen LogP contribution in [0.15, 0.2) is 11.6 Å². The Hall–Kier alpha value is -0.260. The van der Waals surface area contributed by atoms with Crippen LogP contribution in [0.4, 0.5) is 0 Å². The lowest BCUT2D eigenvalue weighted by atomic mass is 9.65. The van der Waals surface area contributed by atoms with E-state index in [4.69, 9.17) is 0 Å². The Labute approximate surface area is 77.1 Å². The van der Waals surface area contributed by atoms with Crippen molar-refractivity contribution in [1.82, 2.24) is 0 Å². The largest absolute Gasteiger partial charge is 0.0882 e. The third-order valence-electron chi connectivity index (χ3n) is 3.17. The van der Waals surface area contributed by atoms with Crippen LogP contribution < -0.4 is 0 Å². The summed E-state index contributed by atoms with van der Waals surface area (Å²) in [6.45, 7) is 6.80. The van der Waals surface area contributed by atoms with Crippen molar-refractivity contribution in [2.75, 3.05) is 0 Å². The predicted octanol–water partition coefficient (Wildman–Crippen LogP) is 4.17. The van der Waals surface area contributed by atoms with E-state index in [-0.39, 0.29) is 0 Å². The molecular formula is C12H22. The van der Waals surface area contributed by atoms with E-state index < -0.39 is 0 Å². The third kappa shape index (κ3) is 1.91. The minimum absolute atomic E-state index is 0.958. The maximum absolute atomic E-state index is 2.34. The molecule has 1 rings (SSSR count). The van der Waals surface area contributed by atoms with Crippen molar-refractivity contribution in [3.63, 3.8) is 0 Å². The average molecular weight is 166 g/mol. The molecule has 1 fully saturated rings. The van der Waals surface area contributed by atoms with Gasteiger partial charge in [-0.1, -0.05) is 38.3 Å². The van der Waals surface area contributed by atoms with Gasteiger partial charge in [0.15, 0.2) is 0 Å². The van der Waals surface area contributed by atoms with Gasteiger partial charge in [-0.25, -0.2) is 0 Å². The summed E-state index contributed by atoms with van der Waals surface area (Å²) in [4.78, 5) is 0. The molecule has 2 unspecified atom stereocenters. The second kappa shape index (κ2) is 4.69. The first kappa shape index (κ1) is 9.83. The van der Waals surface area contributed by atoms with Crippen molar-refractivity contribution < 1.29 is 0 Å². The quantitative estimate of drug-likeness (QED) is 0.550. The molecule has 0 N–H and O–H groups in total. The van der Waals surface area contributed by atoms with Gasteiger partial charge < -0.3 is 0 Å². The van der Waals surface area contributed by atoms with Crippen LogP contribution in [0.3, 0.4) is 0 Å². The molecule has 0 aromatic heterocycles. The van der Waals surface area contributed by atoms with Crippen molar-refractivity contribution in [1.29, 1.82) is 0 Å². The van der Waals surface area contributed by atoms with Gasteiger partial charge in [0.05, 0.1) is 0 Å². The first-order chi connectivity index (χ1) is 5.83. The number of hydrogen-bond acceptors (Lipinski definition) is 0. The van der Waals surface area contributed by atoms with Crippen molar-refractivity contribution in [2.24, 2.45) is 11.8 Å². The molecule has 0 spiro atoms. The van der Waals surface area contributed by atoms with Gasteiger partial charge in [0.2, 0.25) is 0 Å². The van der Waals surface area contributed by atoms with Gasteiger partial charge in [-0.05, 0) is 38.0 Å². The summed E-state index contributed by atoms with van der Waals surface area (Å²) in [5.74, 6) is 1.99. The Morgan fingerprint density at radius 1 is 1.25 bits per heavy atom. The van der Waals surface area contributed by atoms with Gasteiger partial charge in [0.25, 0.3) is 0 Å². The summed E-state index contributed by atoms with van der Waals surface area (Å²) >= 11 is 0. The SMILES string of the molecule is CC=C1CC(CCC)C1CCC. The van der Waals surface area contributed by atoms with Crippen LogP contribution in [0.1, 0.15) is 52.9 Å². The molecule has 0 heteroatoms. The Morgan fingerprint density at radius 2 is 1.92 bits per heavy atom. The van der Waals surface area contributed by atoms with Gasteiger partial charge in [-0.3, -0.25) is 0 Å². The highest BCUT2D eigenvalue weighted by Crippen LogP contribution is 2.45. The monoisotopic (exact) mass is 166 g/mol. The number of rotatable bonds is 4. The standard InChI is InChI=1S/C12H22/c1-4-7-11-9-10(6-3)12(11)8-5-2/h6,11-12H,4-5,7-9H2,1-3H3. The number of hydrogen-bond donors (Lipinski definition) is 0. The van der Waals surface area contributed by atoms with Crippen LogP contribution in [0.2, 0.25) is 0 Å². The summed E-state index contributed by atoms with van der Waals surface area (Å²) in [6, 6.07) is 0. The van der Waals surface area contributed by atoms with Gasteiger partial charge >= 0.3 is 0 Å². The lowest BCUT2D eigenvalue weighted by molar-refractivity contribution is 0.239. The van der Waals surface area contributed by atoms with Crippen LogP contribution in [0.5, 0.6) is 0 Å². The first-order valence-corrected chi connectivity index (χ1v) is 5.48. The Balaban J connectivity index is 2.39. The van der Waals surface area contributed by atoms with E-state index in [0.717, 1.165) is 11.8 Å². The zero-order valence-electron chi connectivity index (χ0n) is 8.77. The van der Waals surface area contributed by atoms with Gasteiger partial charge in [-0.15, -0.1) is 0 Å². The van der Waals surface area contributed by atoms with E-state index in [2.05, 4.69) is 26.8 Å². The highest BCUT2D eigenvalue weighted by molar-refractivity contribution is 5.17. The molecule has 0 bridgehead atoms. The Bertz CT molecular complexity index is 155. The molecule has 0 nitrogen and oxygen atoms in total. The summed E-state index contributed by atoms with van der Waals surface area (Å²) in [6.07, 6.45) is 9.32. The smallest absolute Gasteiger partial charge is 0.0172 e. The molecule has 0 radical (unpaired) electrons. The zero-order chi connectivity index (χ0) is 8.97. The molecule has 0 amide bonds. The fourth-order valence-electron chi connectivity index (χ4n) is 2.48. The summed E-state index contributed by atoms with van der Waals surface area (Å²) in [7, 11) is 0. The second-order valence-corrected chi connectivity index (χ2v) is 4.01. The topological polar surface area (TPSA) is 0 Å². The van der Waals surface area contributed by atoms with E-state index in [1.807, 2.05) is 0 Å². The van der Waals surface area contributed by atoms with Crippen molar-refractivity contribution in [3.8, 4) is 0 Å². The second-order valence-electron chi connectivity index (χ2n) is 4.01. The summed E-state index contributed by atoms with van der Waals surface area (Å²) < 4.78 is 0. The minimum atomic E-state index is 0.958. The van der Waals surface area contributed by atoms with Crippen LogP contribution in [-0.2, 0) is 0 Å². The molecule has 0 aliphatic heterocycles. The predicted molar refractivity (Wildman–Crippen MR) is 55.2 cm³/mol. The van der Waals surface area contributed by atoms with Gasteiger partial charge in [0.1, 0.15) is 0 Å². The van der Waals surface area contributed by atoms with E-state index in [1.54, 1.807) is 5.57 Å². The molecule has 12 heavy (non-hydrogen) atoms. The maximum Gasteiger partial charge on any atom is -0.0172 e. The van der Waals surface area contributed by atoms with Crippen LogP contribution in [0.25, 0.3) is 0 Å². The van der Waals surface area contributed by atoms with E-state index in [9.17, 15) is 0 Å². The number of allylic oxidation sites excluding steroid dienone is 2. The molecule has 0 heterocycles. The fraction of sp³-hybridized carbons (Fsp3) is 0.833. The average Bonchev–Trinajstić information content (AvgIpc) is 2.07. The van der Waals surface area contributed by atoms with Crippen LogP contribution in [-0.4, -0.2) is 0 Å². The van der Waals surface area contributed by atoms with Crippen LogP contribution >= 0.6 is 0 Å². The first-order valence-electron chi connectivity index (χ1n) is 5.48. The molecule has 1 aliphatic carbocycles. The van der Waals surface area contributed by atoms with Crippen molar-refractivity contribution in [2.45, 2.75) is 52.9 Å². The van der Waals surface area contributed by atoms with Crippen molar-refractivity contribution in [3.05, 3.63) is 11.6 Å². The Morgan fingerprint density at radius 3 is 2.42 bits per heavy atom. The molecule has 2 atom stereocenters. The zero-order valence-corrected chi connectivity index (χ0v) is 8.77. The van der Waals surface area contributed by atoms with Gasteiger partial charge in [-0.2, -0.15) is 0 Å². The minimum Gasteiger partial charge on any atom is -0.0882 e. The molecule has 0 aromatic carbocycles. The molecule has 1 aliphatic rings. The maximum atomic E-state index is 2.34. The molecule has 0 saturated heterocycles. The molecular weight excluding hydrogens is 144 g/mol. The summed E-state index contributed by atoms with van der Waals surface area (Å²) in [5, 5.41) is 0. The summed E-state index contributed by atoms with van der Waals surface area (Å²) in [5.41, 5.74) is 1.73. The van der Waals surface area contributed by atoms with Gasteiger partial charge in [0, 0.05) is 0 Å². The highest BCUT2D eigenvalue weighted by Gasteiger charge is 2.33.